The summed E-state index contributed by atoms with van der Waals surface area (Å²) in [5.41, 5.74) is -1.10. The van der Waals surface area contributed by atoms with Gasteiger partial charge in [0.2, 0.25) is 0 Å². The van der Waals surface area contributed by atoms with Crippen LogP contribution in [0.25, 0.3) is 0 Å². The number of hydrogen-bond donors (Lipinski definition) is 0. The first-order valence-electron chi connectivity index (χ1n) is 10.8. The molecule has 2 aliphatic carbocycles. The zero-order chi connectivity index (χ0) is 20.3. The quantitative estimate of drug-likeness (QED) is 0.459. The third-order valence-electron chi connectivity index (χ3n) is 7.09. The van der Waals surface area contributed by atoms with E-state index in [1.54, 1.807) is 0 Å². The van der Waals surface area contributed by atoms with Crippen molar-refractivity contribution in [2.24, 2.45) is 17.8 Å². The second-order valence-electron chi connectivity index (χ2n) is 8.72. The Morgan fingerprint density at radius 3 is 2.00 bits per heavy atom. The van der Waals surface area contributed by atoms with E-state index < -0.39 is 17.6 Å². The second kappa shape index (κ2) is 9.04. The summed E-state index contributed by atoms with van der Waals surface area (Å²) in [6, 6.07) is 2.20. The highest BCUT2D eigenvalue weighted by Gasteiger charge is 2.41. The molecule has 1 aromatic rings. The maximum atomic E-state index is 14.5. The van der Waals surface area contributed by atoms with E-state index in [-0.39, 0.29) is 17.2 Å². The van der Waals surface area contributed by atoms with Crippen LogP contribution in [0.4, 0.5) is 17.6 Å². The van der Waals surface area contributed by atoms with Crippen LogP contribution in [0.15, 0.2) is 12.1 Å². The van der Waals surface area contributed by atoms with Gasteiger partial charge in [-0.15, -0.1) is 0 Å². The van der Waals surface area contributed by atoms with E-state index in [2.05, 4.69) is 6.92 Å². The molecule has 0 spiro atoms. The van der Waals surface area contributed by atoms with Crippen molar-refractivity contribution in [2.45, 2.75) is 83.2 Å². The van der Waals surface area contributed by atoms with E-state index in [0.717, 1.165) is 30.9 Å². The maximum Gasteiger partial charge on any atom is 0.420 e. The predicted octanol–water partition coefficient (Wildman–Crippen LogP) is 7.73. The molecule has 5 heteroatoms. The summed E-state index contributed by atoms with van der Waals surface area (Å²) in [6.07, 6.45) is 6.11. The number of ether oxygens (including phenoxy) is 1. The van der Waals surface area contributed by atoms with E-state index >= 15 is 0 Å². The topological polar surface area (TPSA) is 9.23 Å². The Hall–Kier alpha value is -1.26. The lowest BCUT2D eigenvalue weighted by Gasteiger charge is -2.38. The second-order valence-corrected chi connectivity index (χ2v) is 8.72. The number of halogens is 4. The van der Waals surface area contributed by atoms with Gasteiger partial charge in [-0.1, -0.05) is 32.6 Å². The lowest BCUT2D eigenvalue weighted by atomic mass is 9.67. The summed E-state index contributed by atoms with van der Waals surface area (Å²) in [7, 11) is 1.21. The van der Waals surface area contributed by atoms with Crippen molar-refractivity contribution in [3.05, 3.63) is 29.1 Å². The fourth-order valence-electron chi connectivity index (χ4n) is 5.67. The number of alkyl halides is 3. The molecular weight excluding hydrogens is 368 g/mol. The molecule has 2 aliphatic rings. The fraction of sp³-hybridized carbons (Fsp3) is 0.739. The van der Waals surface area contributed by atoms with Crippen LogP contribution in [-0.2, 0) is 6.18 Å². The van der Waals surface area contributed by atoms with E-state index in [1.807, 2.05) is 0 Å². The molecule has 158 valence electrons. The normalized spacial score (nSPS) is 28.9. The molecule has 2 saturated carbocycles. The average Bonchev–Trinajstić information content (AvgIpc) is 2.68. The van der Waals surface area contributed by atoms with Gasteiger partial charge in [-0.3, -0.25) is 0 Å². The third kappa shape index (κ3) is 4.65. The van der Waals surface area contributed by atoms with Crippen molar-refractivity contribution in [1.82, 2.24) is 0 Å². The van der Waals surface area contributed by atoms with Crippen LogP contribution >= 0.6 is 0 Å². The molecule has 28 heavy (non-hydrogen) atoms. The Balaban J connectivity index is 1.69. The Bertz CT molecular complexity index is 639. The van der Waals surface area contributed by atoms with Crippen LogP contribution in [0.1, 0.15) is 88.2 Å². The number of rotatable bonds is 5. The van der Waals surface area contributed by atoms with Crippen LogP contribution in [0.5, 0.6) is 5.75 Å². The molecule has 0 radical (unpaired) electrons. The molecule has 0 heterocycles. The number of hydrogen-bond acceptors (Lipinski definition) is 1. The lowest BCUT2D eigenvalue weighted by Crippen LogP contribution is -2.26. The molecule has 0 bridgehead atoms. The lowest BCUT2D eigenvalue weighted by molar-refractivity contribution is -0.139. The largest absolute Gasteiger partial charge is 0.496 e. The van der Waals surface area contributed by atoms with Crippen LogP contribution < -0.4 is 4.74 Å². The molecule has 1 aromatic carbocycles. The van der Waals surface area contributed by atoms with Crippen molar-refractivity contribution in [1.29, 1.82) is 0 Å². The molecular formula is C23H32F4O. The summed E-state index contributed by atoms with van der Waals surface area (Å²) in [4.78, 5) is 0. The summed E-state index contributed by atoms with van der Waals surface area (Å²) in [5.74, 6) is 0.738. The Morgan fingerprint density at radius 1 is 0.929 bits per heavy atom. The molecule has 0 amide bonds. The molecule has 0 aromatic heterocycles. The summed E-state index contributed by atoms with van der Waals surface area (Å²) in [6.45, 7) is 2.24. The Kier molecular flexibility index (Phi) is 6.93. The fourth-order valence-corrected chi connectivity index (χ4v) is 5.67. The van der Waals surface area contributed by atoms with Crippen molar-refractivity contribution in [3.63, 3.8) is 0 Å². The smallest absolute Gasteiger partial charge is 0.420 e. The van der Waals surface area contributed by atoms with Gasteiger partial charge < -0.3 is 4.74 Å². The van der Waals surface area contributed by atoms with Gasteiger partial charge in [-0.2, -0.15) is 13.2 Å². The van der Waals surface area contributed by atoms with Crippen molar-refractivity contribution < 1.29 is 22.3 Å². The van der Waals surface area contributed by atoms with Crippen molar-refractivity contribution in [2.75, 3.05) is 7.11 Å². The molecule has 0 N–H and O–H groups in total. The zero-order valence-corrected chi connectivity index (χ0v) is 17.0. The van der Waals surface area contributed by atoms with Crippen LogP contribution in [0.3, 0.4) is 0 Å². The van der Waals surface area contributed by atoms with Crippen LogP contribution in [0, 0.1) is 23.6 Å². The van der Waals surface area contributed by atoms with E-state index in [4.69, 9.17) is 4.74 Å². The standard InChI is InChI=1S/C23H32F4O/c1-3-4-15-5-7-16(8-6-15)17-9-11-18(12-10-17)21-19(24)13-14-20(28-2)22(21)23(25,26)27/h13-18H,3-12H2,1-2H3. The minimum atomic E-state index is -4.61. The maximum absolute atomic E-state index is 14.5. The molecule has 0 atom stereocenters. The monoisotopic (exact) mass is 400 g/mol. The first-order valence-corrected chi connectivity index (χ1v) is 10.8. The Labute approximate surface area is 165 Å². The van der Waals surface area contributed by atoms with Crippen molar-refractivity contribution >= 4 is 0 Å². The first kappa shape index (κ1) is 21.4. The third-order valence-corrected chi connectivity index (χ3v) is 7.09. The average molecular weight is 401 g/mol. The van der Waals surface area contributed by atoms with Crippen molar-refractivity contribution in [3.8, 4) is 5.75 Å². The van der Waals surface area contributed by atoms with E-state index in [0.29, 0.717) is 24.7 Å². The SMILES string of the molecule is CCCC1CCC(C2CCC(c3c(F)ccc(OC)c3C(F)(F)F)CC2)CC1. The zero-order valence-electron chi connectivity index (χ0n) is 17.0. The van der Waals surface area contributed by atoms with Gasteiger partial charge in [-0.25, -0.2) is 4.39 Å². The first-order chi connectivity index (χ1) is 13.3. The molecule has 2 fully saturated rings. The molecule has 0 aliphatic heterocycles. The molecule has 0 saturated heterocycles. The molecule has 1 nitrogen and oxygen atoms in total. The van der Waals surface area contributed by atoms with Gasteiger partial charge in [0.05, 0.1) is 7.11 Å². The van der Waals surface area contributed by atoms with Gasteiger partial charge in [0.25, 0.3) is 0 Å². The van der Waals surface area contributed by atoms with Gasteiger partial charge in [-0.05, 0) is 74.3 Å². The Morgan fingerprint density at radius 2 is 1.50 bits per heavy atom. The van der Waals surface area contributed by atoms with E-state index in [9.17, 15) is 17.6 Å². The van der Waals surface area contributed by atoms with Crippen LogP contribution in [0.2, 0.25) is 0 Å². The number of benzene rings is 1. The van der Waals surface area contributed by atoms with E-state index in [1.165, 1.54) is 45.6 Å². The summed E-state index contributed by atoms with van der Waals surface area (Å²) >= 11 is 0. The predicted molar refractivity (Wildman–Crippen MR) is 103 cm³/mol. The number of methoxy groups -OCH3 is 1. The van der Waals surface area contributed by atoms with Crippen LogP contribution in [-0.4, -0.2) is 7.11 Å². The van der Waals surface area contributed by atoms with Gasteiger partial charge in [0.15, 0.2) is 0 Å². The highest BCUT2D eigenvalue weighted by Crippen LogP contribution is 2.49. The summed E-state index contributed by atoms with van der Waals surface area (Å²) < 4.78 is 60.4. The van der Waals surface area contributed by atoms with Gasteiger partial charge in [0, 0.05) is 5.56 Å². The highest BCUT2D eigenvalue weighted by atomic mass is 19.4. The minimum absolute atomic E-state index is 0.183. The minimum Gasteiger partial charge on any atom is -0.496 e. The van der Waals surface area contributed by atoms with Gasteiger partial charge >= 0.3 is 6.18 Å². The highest BCUT2D eigenvalue weighted by molar-refractivity contribution is 5.45. The molecule has 0 unspecified atom stereocenters. The summed E-state index contributed by atoms with van der Waals surface area (Å²) in [5, 5.41) is 0. The molecule has 3 rings (SSSR count). The van der Waals surface area contributed by atoms with Gasteiger partial charge in [0.1, 0.15) is 17.1 Å².